The number of unbranched alkanes of at least 4 members (excludes halogenated alkanes) is 8. The Morgan fingerprint density at radius 2 is 0.966 bits per heavy atom. The van der Waals surface area contributed by atoms with Crippen molar-refractivity contribution < 1.29 is 19.1 Å². The zero-order valence-electron chi connectivity index (χ0n) is 19.8. The number of rotatable bonds is 20. The van der Waals surface area contributed by atoms with Crippen LogP contribution in [0.3, 0.4) is 0 Å². The first-order valence-corrected chi connectivity index (χ1v) is 12.4. The molecule has 0 aromatic heterocycles. The van der Waals surface area contributed by atoms with E-state index in [2.05, 4.69) is 27.7 Å². The second-order valence-corrected chi connectivity index (χ2v) is 8.48. The summed E-state index contributed by atoms with van der Waals surface area (Å²) in [6, 6.07) is 0. The third kappa shape index (κ3) is 17.5. The maximum atomic E-state index is 11.9. The Kier molecular flexibility index (Phi) is 19.5. The molecule has 0 amide bonds. The molecule has 0 aromatic rings. The maximum Gasteiger partial charge on any atom is 0.305 e. The first-order valence-electron chi connectivity index (χ1n) is 12.4. The Balaban J connectivity index is 3.99. The molecule has 0 aliphatic rings. The molecule has 0 bridgehead atoms. The number of hydrogen-bond donors (Lipinski definition) is 0. The fraction of sp³-hybridized carbons (Fsp3) is 0.920. The van der Waals surface area contributed by atoms with Crippen molar-refractivity contribution in [1.29, 1.82) is 0 Å². The second-order valence-electron chi connectivity index (χ2n) is 8.48. The Morgan fingerprint density at radius 1 is 0.586 bits per heavy atom. The summed E-state index contributed by atoms with van der Waals surface area (Å²) in [5.41, 5.74) is 0. The lowest BCUT2D eigenvalue weighted by atomic mass is 9.92. The van der Waals surface area contributed by atoms with Gasteiger partial charge in [-0.1, -0.05) is 91.9 Å². The zero-order valence-corrected chi connectivity index (χ0v) is 19.8. The highest BCUT2D eigenvalue weighted by molar-refractivity contribution is 5.69. The summed E-state index contributed by atoms with van der Waals surface area (Å²) in [5, 5.41) is 0. The lowest BCUT2D eigenvalue weighted by Gasteiger charge is -2.21. The minimum atomic E-state index is -0.0671. The average Bonchev–Trinajstić information content (AvgIpc) is 2.73. The van der Waals surface area contributed by atoms with Gasteiger partial charge in [-0.25, -0.2) is 0 Å². The van der Waals surface area contributed by atoms with Crippen molar-refractivity contribution in [1.82, 2.24) is 0 Å². The quantitative estimate of drug-likeness (QED) is 0.156. The van der Waals surface area contributed by atoms with E-state index in [0.29, 0.717) is 37.9 Å². The fourth-order valence-electron chi connectivity index (χ4n) is 3.49. The van der Waals surface area contributed by atoms with E-state index in [1.54, 1.807) is 0 Å². The van der Waals surface area contributed by atoms with Gasteiger partial charge in [0.25, 0.3) is 0 Å². The van der Waals surface area contributed by atoms with Crippen molar-refractivity contribution in [3.63, 3.8) is 0 Å². The molecule has 0 saturated heterocycles. The van der Waals surface area contributed by atoms with Crippen LogP contribution in [0.4, 0.5) is 0 Å². The van der Waals surface area contributed by atoms with E-state index in [9.17, 15) is 9.59 Å². The predicted molar refractivity (Wildman–Crippen MR) is 121 cm³/mol. The van der Waals surface area contributed by atoms with Gasteiger partial charge in [-0.15, -0.1) is 0 Å². The lowest BCUT2D eigenvalue weighted by molar-refractivity contribution is -0.145. The molecule has 0 fully saturated rings. The summed E-state index contributed by atoms with van der Waals surface area (Å²) < 4.78 is 11.0. The molecule has 4 nitrogen and oxygen atoms in total. The van der Waals surface area contributed by atoms with Crippen LogP contribution in [-0.4, -0.2) is 25.2 Å². The molecule has 0 saturated carbocycles. The van der Waals surface area contributed by atoms with E-state index in [-0.39, 0.29) is 11.9 Å². The highest BCUT2D eigenvalue weighted by atomic mass is 16.5. The molecule has 2 unspecified atom stereocenters. The maximum absolute atomic E-state index is 11.9. The summed E-state index contributed by atoms with van der Waals surface area (Å²) in [6.45, 7) is 9.64. The average molecular weight is 413 g/mol. The van der Waals surface area contributed by atoms with E-state index in [1.807, 2.05) is 0 Å². The number of esters is 2. The van der Waals surface area contributed by atoms with Crippen molar-refractivity contribution in [3.8, 4) is 0 Å². The summed E-state index contributed by atoms with van der Waals surface area (Å²) in [4.78, 5) is 23.9. The van der Waals surface area contributed by atoms with E-state index >= 15 is 0 Å². The molecule has 0 heterocycles. The largest absolute Gasteiger partial charge is 0.465 e. The van der Waals surface area contributed by atoms with Gasteiger partial charge >= 0.3 is 11.9 Å². The third-order valence-electron chi connectivity index (χ3n) is 5.75. The van der Waals surface area contributed by atoms with Crippen LogP contribution in [0.5, 0.6) is 0 Å². The first-order chi connectivity index (χ1) is 14.1. The second kappa shape index (κ2) is 20.2. The third-order valence-corrected chi connectivity index (χ3v) is 5.75. The molecule has 0 rings (SSSR count). The molecule has 0 aromatic carbocycles. The SMILES string of the molecule is CCCCCCCC(=O)OCC(CC)CC(CC)COC(=O)CCCCCCC. The first kappa shape index (κ1) is 27.9. The molecular weight excluding hydrogens is 364 g/mol. The minimum Gasteiger partial charge on any atom is -0.465 e. The molecular formula is C25H48O4. The lowest BCUT2D eigenvalue weighted by Crippen LogP contribution is -2.20. The van der Waals surface area contributed by atoms with Gasteiger partial charge in [-0.2, -0.15) is 0 Å². The Hall–Kier alpha value is -1.06. The summed E-state index contributed by atoms with van der Waals surface area (Å²) in [7, 11) is 0. The molecule has 172 valence electrons. The summed E-state index contributed by atoms with van der Waals surface area (Å²) >= 11 is 0. The van der Waals surface area contributed by atoms with E-state index < -0.39 is 0 Å². The molecule has 0 aliphatic carbocycles. The number of carbonyl (C=O) groups excluding carboxylic acids is 2. The van der Waals surface area contributed by atoms with E-state index in [1.165, 1.54) is 38.5 Å². The van der Waals surface area contributed by atoms with Crippen molar-refractivity contribution in [2.45, 2.75) is 124 Å². The number of ether oxygens (including phenoxy) is 2. The summed E-state index contributed by atoms with van der Waals surface area (Å²) in [6.07, 6.45) is 15.4. The molecule has 4 heteroatoms. The summed E-state index contributed by atoms with van der Waals surface area (Å²) in [5.74, 6) is 0.554. The molecule has 0 N–H and O–H groups in total. The van der Waals surface area contributed by atoms with E-state index in [4.69, 9.17) is 9.47 Å². The Labute approximate surface area is 180 Å². The predicted octanol–water partition coefficient (Wildman–Crippen LogP) is 7.24. The van der Waals surface area contributed by atoms with Gasteiger partial charge in [0.05, 0.1) is 13.2 Å². The van der Waals surface area contributed by atoms with Crippen LogP contribution in [0.1, 0.15) is 124 Å². The number of carbonyl (C=O) groups is 2. The standard InChI is InChI=1S/C25H48O4/c1-5-9-11-13-15-17-24(26)28-20-22(7-3)19-23(8-4)21-29-25(27)18-16-14-12-10-6-2/h22-23H,5-21H2,1-4H3. The van der Waals surface area contributed by atoms with Gasteiger partial charge in [-0.3, -0.25) is 9.59 Å². The molecule has 0 radical (unpaired) electrons. The van der Waals surface area contributed by atoms with Crippen LogP contribution in [0.25, 0.3) is 0 Å². The van der Waals surface area contributed by atoms with Crippen LogP contribution < -0.4 is 0 Å². The van der Waals surface area contributed by atoms with Crippen molar-refractivity contribution in [3.05, 3.63) is 0 Å². The van der Waals surface area contributed by atoms with Crippen LogP contribution in [0.2, 0.25) is 0 Å². The van der Waals surface area contributed by atoms with Crippen LogP contribution in [-0.2, 0) is 19.1 Å². The van der Waals surface area contributed by atoms with Crippen molar-refractivity contribution in [2.75, 3.05) is 13.2 Å². The van der Waals surface area contributed by atoms with Crippen LogP contribution in [0, 0.1) is 11.8 Å². The fourth-order valence-corrected chi connectivity index (χ4v) is 3.49. The Morgan fingerprint density at radius 3 is 1.31 bits per heavy atom. The smallest absolute Gasteiger partial charge is 0.305 e. The Bertz CT molecular complexity index is 358. The molecule has 0 aliphatic heterocycles. The van der Waals surface area contributed by atoms with E-state index in [0.717, 1.165) is 44.9 Å². The minimum absolute atomic E-state index is 0.0671. The van der Waals surface area contributed by atoms with Crippen molar-refractivity contribution in [2.24, 2.45) is 11.8 Å². The number of hydrogen-bond acceptors (Lipinski definition) is 4. The van der Waals surface area contributed by atoms with Gasteiger partial charge in [0.1, 0.15) is 0 Å². The zero-order chi connectivity index (χ0) is 21.7. The highest BCUT2D eigenvalue weighted by Crippen LogP contribution is 2.20. The normalized spacial score (nSPS) is 13.1. The van der Waals surface area contributed by atoms with Crippen LogP contribution in [0.15, 0.2) is 0 Å². The molecule has 2 atom stereocenters. The van der Waals surface area contributed by atoms with Crippen LogP contribution >= 0.6 is 0 Å². The topological polar surface area (TPSA) is 52.6 Å². The van der Waals surface area contributed by atoms with Gasteiger partial charge in [-0.05, 0) is 31.1 Å². The van der Waals surface area contributed by atoms with Gasteiger partial charge < -0.3 is 9.47 Å². The van der Waals surface area contributed by atoms with Gasteiger partial charge in [0, 0.05) is 12.8 Å². The highest BCUT2D eigenvalue weighted by Gasteiger charge is 2.17. The van der Waals surface area contributed by atoms with Gasteiger partial charge in [0.2, 0.25) is 0 Å². The molecule has 29 heavy (non-hydrogen) atoms. The van der Waals surface area contributed by atoms with Crippen molar-refractivity contribution >= 4 is 11.9 Å². The molecule has 0 spiro atoms. The van der Waals surface area contributed by atoms with Gasteiger partial charge in [0.15, 0.2) is 0 Å². The monoisotopic (exact) mass is 412 g/mol.